The lowest BCUT2D eigenvalue weighted by atomic mass is 9.98. The Kier molecular flexibility index (Phi) is 7.56. The quantitative estimate of drug-likeness (QED) is 0.678. The van der Waals surface area contributed by atoms with Gasteiger partial charge >= 0.3 is 5.97 Å². The summed E-state index contributed by atoms with van der Waals surface area (Å²) < 4.78 is 37.1. The summed E-state index contributed by atoms with van der Waals surface area (Å²) in [6, 6.07) is 3.64. The van der Waals surface area contributed by atoms with Crippen molar-refractivity contribution in [3.8, 4) is 0 Å². The van der Waals surface area contributed by atoms with Crippen LogP contribution in [-0.2, 0) is 24.3 Å². The maximum Gasteiger partial charge on any atom is 0.328 e. The molecule has 1 amide bonds. The van der Waals surface area contributed by atoms with Gasteiger partial charge in [0.2, 0.25) is 10.0 Å². The minimum Gasteiger partial charge on any atom is -0.467 e. The van der Waals surface area contributed by atoms with Crippen molar-refractivity contribution < 1.29 is 27.5 Å². The first-order chi connectivity index (χ1) is 13.2. The third kappa shape index (κ3) is 4.89. The van der Waals surface area contributed by atoms with E-state index in [1.807, 2.05) is 13.8 Å². The van der Waals surface area contributed by atoms with Gasteiger partial charge < -0.3 is 14.8 Å². The van der Waals surface area contributed by atoms with Crippen LogP contribution in [0.4, 0.5) is 0 Å². The largest absolute Gasteiger partial charge is 0.467 e. The van der Waals surface area contributed by atoms with Crippen molar-refractivity contribution in [3.05, 3.63) is 29.3 Å². The van der Waals surface area contributed by atoms with Gasteiger partial charge in [-0.3, -0.25) is 4.79 Å². The van der Waals surface area contributed by atoms with Crippen molar-refractivity contribution in [2.24, 2.45) is 5.92 Å². The molecular weight excluding hydrogens is 384 g/mol. The van der Waals surface area contributed by atoms with Crippen LogP contribution in [0.1, 0.15) is 36.2 Å². The molecular formula is C19H28N2O6S. The van der Waals surface area contributed by atoms with Crippen molar-refractivity contribution in [3.63, 3.8) is 0 Å². The molecule has 1 aliphatic heterocycles. The highest BCUT2D eigenvalue weighted by atomic mass is 32.2. The molecule has 0 unspecified atom stereocenters. The highest BCUT2D eigenvalue weighted by molar-refractivity contribution is 7.89. The summed E-state index contributed by atoms with van der Waals surface area (Å²) in [4.78, 5) is 24.9. The number of ether oxygens (including phenoxy) is 2. The summed E-state index contributed by atoms with van der Waals surface area (Å²) in [5, 5.41) is 2.69. The molecule has 0 saturated carbocycles. The molecule has 0 radical (unpaired) electrons. The first-order valence-electron chi connectivity index (χ1n) is 9.29. The Balaban J connectivity index is 2.31. The van der Waals surface area contributed by atoms with E-state index in [4.69, 9.17) is 9.47 Å². The fourth-order valence-electron chi connectivity index (χ4n) is 2.96. The molecule has 1 saturated heterocycles. The predicted octanol–water partition coefficient (Wildman–Crippen LogP) is 1.33. The topological polar surface area (TPSA) is 102 Å². The summed E-state index contributed by atoms with van der Waals surface area (Å²) in [5.74, 6) is -1.17. The van der Waals surface area contributed by atoms with E-state index >= 15 is 0 Å². The van der Waals surface area contributed by atoms with Crippen molar-refractivity contribution in [1.82, 2.24) is 9.62 Å². The van der Waals surface area contributed by atoms with Crippen LogP contribution >= 0.6 is 0 Å². The minimum absolute atomic E-state index is 0.0447. The monoisotopic (exact) mass is 412 g/mol. The molecule has 1 heterocycles. The van der Waals surface area contributed by atoms with Gasteiger partial charge in [0, 0.05) is 18.7 Å². The van der Waals surface area contributed by atoms with Gasteiger partial charge in [0.05, 0.1) is 25.2 Å². The van der Waals surface area contributed by atoms with Crippen LogP contribution in [0, 0.1) is 12.8 Å². The summed E-state index contributed by atoms with van der Waals surface area (Å²) in [7, 11) is -2.46. The number of rotatable bonds is 7. The molecule has 156 valence electrons. The Labute approximate surface area is 166 Å². The average Bonchev–Trinajstić information content (AvgIpc) is 2.71. The van der Waals surface area contributed by atoms with E-state index in [1.54, 1.807) is 13.0 Å². The number of carbonyl (C=O) groups is 2. The van der Waals surface area contributed by atoms with Crippen LogP contribution in [0.3, 0.4) is 0 Å². The molecule has 1 aromatic carbocycles. The van der Waals surface area contributed by atoms with E-state index in [0.717, 1.165) is 0 Å². The van der Waals surface area contributed by atoms with E-state index in [1.165, 1.54) is 23.5 Å². The van der Waals surface area contributed by atoms with Gasteiger partial charge in [-0.2, -0.15) is 4.31 Å². The third-order valence-corrected chi connectivity index (χ3v) is 6.91. The minimum atomic E-state index is -3.72. The summed E-state index contributed by atoms with van der Waals surface area (Å²) in [6.45, 7) is 6.70. The number of hydrogen-bond acceptors (Lipinski definition) is 6. The average molecular weight is 413 g/mol. The molecule has 0 spiro atoms. The SMILES string of the molecule is CC[C@@H](C)[C@@H](NC(=O)c1cc(S(=O)(=O)N2CCOCC2)ccc1C)C(=O)OC. The lowest BCUT2D eigenvalue weighted by molar-refractivity contribution is -0.144. The zero-order valence-electron chi connectivity index (χ0n) is 16.7. The number of benzene rings is 1. The van der Waals surface area contributed by atoms with Gasteiger partial charge in [-0.15, -0.1) is 0 Å². The van der Waals surface area contributed by atoms with Crippen molar-refractivity contribution in [2.45, 2.75) is 38.1 Å². The number of nitrogens with one attached hydrogen (secondary N) is 1. The first-order valence-corrected chi connectivity index (χ1v) is 10.7. The van der Waals surface area contributed by atoms with Crippen molar-refractivity contribution in [1.29, 1.82) is 0 Å². The van der Waals surface area contributed by atoms with E-state index in [-0.39, 0.29) is 29.5 Å². The molecule has 1 aliphatic rings. The fraction of sp³-hybridized carbons (Fsp3) is 0.579. The predicted molar refractivity (Wildman–Crippen MR) is 103 cm³/mol. The highest BCUT2D eigenvalue weighted by Gasteiger charge is 2.30. The van der Waals surface area contributed by atoms with Gasteiger partial charge in [-0.25, -0.2) is 13.2 Å². The number of carbonyl (C=O) groups excluding carboxylic acids is 2. The zero-order chi connectivity index (χ0) is 20.9. The van der Waals surface area contributed by atoms with Gasteiger partial charge in [-0.1, -0.05) is 26.3 Å². The van der Waals surface area contributed by atoms with Gasteiger partial charge in [0.1, 0.15) is 6.04 Å². The van der Waals surface area contributed by atoms with Crippen LogP contribution in [0.5, 0.6) is 0 Å². The molecule has 0 aromatic heterocycles. The fourth-order valence-corrected chi connectivity index (χ4v) is 4.39. The standard InChI is InChI=1S/C19H28N2O6S/c1-5-13(2)17(19(23)26-4)20-18(22)16-12-15(7-6-14(16)3)28(24,25)21-8-10-27-11-9-21/h6-7,12-13,17H,5,8-11H2,1-4H3,(H,20,22)/t13-,17-/m1/s1. The number of nitrogens with zero attached hydrogens (tertiary/aromatic N) is 1. The maximum atomic E-state index is 12.9. The number of aryl methyl sites for hydroxylation is 1. The lowest BCUT2D eigenvalue weighted by Gasteiger charge is -2.26. The van der Waals surface area contributed by atoms with E-state index in [0.29, 0.717) is 25.2 Å². The van der Waals surface area contributed by atoms with Crippen molar-refractivity contribution in [2.75, 3.05) is 33.4 Å². The Morgan fingerprint density at radius 1 is 1.29 bits per heavy atom. The lowest BCUT2D eigenvalue weighted by Crippen LogP contribution is -2.46. The van der Waals surface area contributed by atoms with E-state index < -0.39 is 27.9 Å². The molecule has 2 atom stereocenters. The second kappa shape index (κ2) is 9.49. The Hall–Kier alpha value is -1.97. The molecule has 2 rings (SSSR count). The number of sulfonamides is 1. The zero-order valence-corrected chi connectivity index (χ0v) is 17.5. The number of morpholine rings is 1. The smallest absolute Gasteiger partial charge is 0.328 e. The normalized spacial score (nSPS) is 17.6. The molecule has 8 nitrogen and oxygen atoms in total. The number of esters is 1. The molecule has 9 heteroatoms. The molecule has 1 fully saturated rings. The Bertz CT molecular complexity index is 818. The first kappa shape index (κ1) is 22.3. The number of methoxy groups -OCH3 is 1. The summed E-state index contributed by atoms with van der Waals surface area (Å²) in [6.07, 6.45) is 0.671. The Morgan fingerprint density at radius 3 is 2.50 bits per heavy atom. The van der Waals surface area contributed by atoms with Crippen LogP contribution < -0.4 is 5.32 Å². The van der Waals surface area contributed by atoms with Crippen LogP contribution in [0.25, 0.3) is 0 Å². The highest BCUT2D eigenvalue weighted by Crippen LogP contribution is 2.21. The molecule has 0 aliphatic carbocycles. The molecule has 0 bridgehead atoms. The maximum absolute atomic E-state index is 12.9. The van der Waals surface area contributed by atoms with Crippen LogP contribution in [-0.4, -0.2) is 64.1 Å². The number of amides is 1. The molecule has 1 aromatic rings. The number of hydrogen-bond donors (Lipinski definition) is 1. The second-order valence-corrected chi connectivity index (χ2v) is 8.79. The Morgan fingerprint density at radius 2 is 1.93 bits per heavy atom. The molecule has 1 N–H and O–H groups in total. The third-order valence-electron chi connectivity index (χ3n) is 5.02. The van der Waals surface area contributed by atoms with E-state index in [2.05, 4.69) is 5.32 Å². The van der Waals surface area contributed by atoms with Gasteiger partial charge in [-0.05, 0) is 30.5 Å². The van der Waals surface area contributed by atoms with Gasteiger partial charge in [0.25, 0.3) is 5.91 Å². The van der Waals surface area contributed by atoms with Crippen molar-refractivity contribution >= 4 is 21.9 Å². The van der Waals surface area contributed by atoms with Gasteiger partial charge in [0.15, 0.2) is 0 Å². The summed E-state index contributed by atoms with van der Waals surface area (Å²) in [5.41, 5.74) is 0.831. The van der Waals surface area contributed by atoms with E-state index in [9.17, 15) is 18.0 Å². The van der Waals surface area contributed by atoms with Crippen LogP contribution in [0.15, 0.2) is 23.1 Å². The van der Waals surface area contributed by atoms with Crippen LogP contribution in [0.2, 0.25) is 0 Å². The molecule has 28 heavy (non-hydrogen) atoms. The summed E-state index contributed by atoms with van der Waals surface area (Å²) >= 11 is 0. The second-order valence-electron chi connectivity index (χ2n) is 6.85.